The lowest BCUT2D eigenvalue weighted by Crippen LogP contribution is -2.40. The maximum Gasteiger partial charge on any atom is 0.238 e. The summed E-state index contributed by atoms with van der Waals surface area (Å²) in [5.41, 5.74) is 5.25. The Bertz CT molecular complexity index is 878. The summed E-state index contributed by atoms with van der Waals surface area (Å²) in [5.74, 6) is 0.919. The van der Waals surface area contributed by atoms with E-state index in [-0.39, 0.29) is 17.6 Å². The van der Waals surface area contributed by atoms with Crippen molar-refractivity contribution in [2.24, 2.45) is 11.8 Å². The Morgan fingerprint density at radius 1 is 1.03 bits per heavy atom. The Labute approximate surface area is 180 Å². The van der Waals surface area contributed by atoms with Crippen LogP contribution in [-0.2, 0) is 11.2 Å². The third-order valence-electron chi connectivity index (χ3n) is 6.09. The Morgan fingerprint density at radius 3 is 2.33 bits per heavy atom. The second-order valence-electron chi connectivity index (χ2n) is 9.01. The fourth-order valence-electron chi connectivity index (χ4n) is 4.14. The summed E-state index contributed by atoms with van der Waals surface area (Å²) in [6, 6.07) is 14.1. The number of likely N-dealkylation sites (tertiary alicyclic amines) is 1. The number of carbonyl (C=O) groups is 2. The van der Waals surface area contributed by atoms with Gasteiger partial charge in [-0.3, -0.25) is 14.5 Å². The summed E-state index contributed by atoms with van der Waals surface area (Å²) in [6.07, 6.45) is 2.66. The van der Waals surface area contributed by atoms with Gasteiger partial charge in [0.05, 0.1) is 6.54 Å². The number of carbonyl (C=O) groups excluding carboxylic acids is 2. The number of Topliss-reactive ketones (excluding diaryl/α,β-unsaturated/α-hetero) is 1. The SMILES string of the molecule is Cc1cccc(NC(=O)CN2CCC(C(=O)c3ccc(CC(C)C)cc3)CC2)c1C. The van der Waals surface area contributed by atoms with Gasteiger partial charge in [0, 0.05) is 17.2 Å². The Balaban J connectivity index is 1.48. The summed E-state index contributed by atoms with van der Waals surface area (Å²) in [5, 5.41) is 3.03. The van der Waals surface area contributed by atoms with Crippen LogP contribution in [0.3, 0.4) is 0 Å². The van der Waals surface area contributed by atoms with Crippen LogP contribution in [0.25, 0.3) is 0 Å². The molecule has 4 nitrogen and oxygen atoms in total. The minimum atomic E-state index is 0.00854. The summed E-state index contributed by atoms with van der Waals surface area (Å²) in [6.45, 7) is 10.4. The predicted octanol–water partition coefficient (Wildman–Crippen LogP) is 5.04. The average Bonchev–Trinajstić information content (AvgIpc) is 2.71. The molecule has 0 radical (unpaired) electrons. The molecule has 0 bridgehead atoms. The van der Waals surface area contributed by atoms with Crippen molar-refractivity contribution in [2.75, 3.05) is 25.0 Å². The monoisotopic (exact) mass is 406 g/mol. The molecule has 1 heterocycles. The van der Waals surface area contributed by atoms with Crippen LogP contribution < -0.4 is 5.32 Å². The molecule has 2 aromatic rings. The maximum atomic E-state index is 12.9. The molecule has 1 fully saturated rings. The molecular weight excluding hydrogens is 372 g/mol. The lowest BCUT2D eigenvalue weighted by Gasteiger charge is -2.30. The topological polar surface area (TPSA) is 49.4 Å². The number of benzene rings is 2. The number of aryl methyl sites for hydroxylation is 1. The van der Waals surface area contributed by atoms with Crippen LogP contribution in [0.1, 0.15) is 53.7 Å². The lowest BCUT2D eigenvalue weighted by molar-refractivity contribution is -0.117. The zero-order valence-corrected chi connectivity index (χ0v) is 18.7. The van der Waals surface area contributed by atoms with Crippen molar-refractivity contribution in [1.29, 1.82) is 0 Å². The van der Waals surface area contributed by atoms with E-state index < -0.39 is 0 Å². The first-order valence-corrected chi connectivity index (χ1v) is 11.0. The molecule has 1 aliphatic heterocycles. The smallest absolute Gasteiger partial charge is 0.238 e. The molecule has 160 valence electrons. The minimum absolute atomic E-state index is 0.00854. The molecule has 1 N–H and O–H groups in total. The molecular formula is C26H34N2O2. The van der Waals surface area contributed by atoms with Crippen molar-refractivity contribution in [1.82, 2.24) is 4.90 Å². The Hall–Kier alpha value is -2.46. The number of nitrogens with zero attached hydrogens (tertiary/aromatic N) is 1. The average molecular weight is 407 g/mol. The number of hydrogen-bond donors (Lipinski definition) is 1. The van der Waals surface area contributed by atoms with Gasteiger partial charge < -0.3 is 5.32 Å². The van der Waals surface area contributed by atoms with Crippen molar-refractivity contribution < 1.29 is 9.59 Å². The first-order chi connectivity index (χ1) is 14.3. The van der Waals surface area contributed by atoms with Crippen molar-refractivity contribution in [3.63, 3.8) is 0 Å². The van der Waals surface area contributed by atoms with E-state index in [4.69, 9.17) is 0 Å². The van der Waals surface area contributed by atoms with E-state index in [0.717, 1.165) is 49.2 Å². The molecule has 0 spiro atoms. The van der Waals surface area contributed by atoms with Crippen LogP contribution in [0.4, 0.5) is 5.69 Å². The maximum absolute atomic E-state index is 12.9. The van der Waals surface area contributed by atoms with Crippen molar-refractivity contribution >= 4 is 17.4 Å². The summed E-state index contributed by atoms with van der Waals surface area (Å²) < 4.78 is 0. The van der Waals surface area contributed by atoms with Gasteiger partial charge in [-0.15, -0.1) is 0 Å². The third kappa shape index (κ3) is 5.79. The van der Waals surface area contributed by atoms with E-state index in [9.17, 15) is 9.59 Å². The summed E-state index contributed by atoms with van der Waals surface area (Å²) >= 11 is 0. The molecule has 2 aromatic carbocycles. The van der Waals surface area contributed by atoms with Gasteiger partial charge in [0.15, 0.2) is 5.78 Å². The highest BCUT2D eigenvalue weighted by molar-refractivity contribution is 5.98. The highest BCUT2D eigenvalue weighted by atomic mass is 16.2. The molecule has 1 aliphatic rings. The zero-order valence-electron chi connectivity index (χ0n) is 18.7. The Kier molecular flexibility index (Phi) is 7.43. The van der Waals surface area contributed by atoms with Gasteiger partial charge in [0.1, 0.15) is 0 Å². The van der Waals surface area contributed by atoms with Crippen molar-refractivity contribution in [3.8, 4) is 0 Å². The molecule has 0 saturated carbocycles. The van der Waals surface area contributed by atoms with Gasteiger partial charge >= 0.3 is 0 Å². The van der Waals surface area contributed by atoms with Crippen LogP contribution >= 0.6 is 0 Å². The van der Waals surface area contributed by atoms with Crippen molar-refractivity contribution in [2.45, 2.75) is 47.0 Å². The quantitative estimate of drug-likeness (QED) is 0.656. The summed E-state index contributed by atoms with van der Waals surface area (Å²) in [4.78, 5) is 27.5. The van der Waals surface area contributed by atoms with Gasteiger partial charge in [-0.05, 0) is 74.9 Å². The molecule has 3 rings (SSSR count). The molecule has 1 saturated heterocycles. The van der Waals surface area contributed by atoms with Gasteiger partial charge in [-0.1, -0.05) is 50.2 Å². The molecule has 1 amide bonds. The zero-order chi connectivity index (χ0) is 21.7. The van der Waals surface area contributed by atoms with Crippen molar-refractivity contribution in [3.05, 3.63) is 64.7 Å². The van der Waals surface area contributed by atoms with Crippen LogP contribution in [0.2, 0.25) is 0 Å². The highest BCUT2D eigenvalue weighted by Gasteiger charge is 2.26. The molecule has 0 aliphatic carbocycles. The van der Waals surface area contributed by atoms with Crippen LogP contribution in [-0.4, -0.2) is 36.2 Å². The van der Waals surface area contributed by atoms with Gasteiger partial charge in [0.2, 0.25) is 5.91 Å². The number of rotatable bonds is 7. The summed E-state index contributed by atoms with van der Waals surface area (Å²) in [7, 11) is 0. The van der Waals surface area contributed by atoms with Gasteiger partial charge in [0.25, 0.3) is 0 Å². The van der Waals surface area contributed by atoms with Crippen LogP contribution in [0.15, 0.2) is 42.5 Å². The number of hydrogen-bond acceptors (Lipinski definition) is 3. The van der Waals surface area contributed by atoms with Gasteiger partial charge in [-0.25, -0.2) is 0 Å². The number of ketones is 1. The molecule has 0 aromatic heterocycles. The minimum Gasteiger partial charge on any atom is -0.325 e. The third-order valence-corrected chi connectivity index (χ3v) is 6.09. The number of nitrogens with one attached hydrogen (secondary N) is 1. The largest absolute Gasteiger partial charge is 0.325 e. The molecule has 4 heteroatoms. The molecule has 0 atom stereocenters. The van der Waals surface area contributed by atoms with E-state index in [2.05, 4.69) is 36.2 Å². The first kappa shape index (κ1) is 22.2. The van der Waals surface area contributed by atoms with E-state index in [1.54, 1.807) is 0 Å². The predicted molar refractivity (Wildman–Crippen MR) is 123 cm³/mol. The van der Waals surface area contributed by atoms with Crippen LogP contribution in [0, 0.1) is 25.7 Å². The van der Waals surface area contributed by atoms with E-state index in [0.29, 0.717) is 12.5 Å². The van der Waals surface area contributed by atoms with E-state index in [1.165, 1.54) is 11.1 Å². The molecule has 0 unspecified atom stereocenters. The van der Waals surface area contributed by atoms with E-state index in [1.807, 2.05) is 44.2 Å². The lowest BCUT2D eigenvalue weighted by atomic mass is 9.88. The fourth-order valence-corrected chi connectivity index (χ4v) is 4.14. The fraction of sp³-hybridized carbons (Fsp3) is 0.462. The van der Waals surface area contributed by atoms with E-state index >= 15 is 0 Å². The normalized spacial score (nSPS) is 15.4. The Morgan fingerprint density at radius 2 is 1.70 bits per heavy atom. The van der Waals surface area contributed by atoms with Crippen LogP contribution in [0.5, 0.6) is 0 Å². The molecule has 30 heavy (non-hydrogen) atoms. The number of piperidine rings is 1. The first-order valence-electron chi connectivity index (χ1n) is 11.0. The second kappa shape index (κ2) is 10.0. The second-order valence-corrected chi connectivity index (χ2v) is 9.01. The highest BCUT2D eigenvalue weighted by Crippen LogP contribution is 2.23. The standard InChI is InChI=1S/C26H34N2O2/c1-18(2)16-21-8-10-22(11-9-21)26(30)23-12-14-28(15-13-23)17-25(29)27-24-7-5-6-19(3)20(24)4/h5-11,18,23H,12-17H2,1-4H3,(H,27,29). The number of amides is 1. The number of anilines is 1. The van der Waals surface area contributed by atoms with Gasteiger partial charge in [-0.2, -0.15) is 0 Å².